The molecule has 0 bridgehead atoms. The van der Waals surface area contributed by atoms with Gasteiger partial charge in [-0.3, -0.25) is 14.2 Å². The molecule has 6 aromatic rings. The van der Waals surface area contributed by atoms with Gasteiger partial charge in [-0.1, -0.05) is 148 Å². The predicted octanol–water partition coefficient (Wildman–Crippen LogP) is 13.5. The molecule has 2 aliphatic carbocycles. The summed E-state index contributed by atoms with van der Waals surface area (Å²) in [6.45, 7) is -0.0948. The van der Waals surface area contributed by atoms with E-state index in [0.29, 0.717) is 5.56 Å². The highest BCUT2D eigenvalue weighted by Crippen LogP contribution is 2.36. The van der Waals surface area contributed by atoms with Gasteiger partial charge < -0.3 is 0 Å². The van der Waals surface area contributed by atoms with Gasteiger partial charge in [-0.05, 0) is 108 Å². The van der Waals surface area contributed by atoms with E-state index in [4.69, 9.17) is 13.7 Å². The lowest BCUT2D eigenvalue weighted by Gasteiger charge is -2.22. The first kappa shape index (κ1) is 27.8. The van der Waals surface area contributed by atoms with Crippen molar-refractivity contribution in [2.75, 3.05) is 12.4 Å². The van der Waals surface area contributed by atoms with E-state index in [1.165, 1.54) is 72.5 Å². The fourth-order valence-corrected chi connectivity index (χ4v) is 7.59. The molecule has 2 heterocycles. The summed E-state index contributed by atoms with van der Waals surface area (Å²) in [5.41, 5.74) is 12.0. The highest BCUT2D eigenvalue weighted by Gasteiger charge is 2.17. The Kier molecular flexibility index (Phi) is 10.1. The Labute approximate surface area is 340 Å². The Morgan fingerprint density at radius 3 is 1.50 bits per heavy atom. The van der Waals surface area contributed by atoms with E-state index >= 15 is 0 Å². The number of aryl methyl sites for hydroxylation is 2. The lowest BCUT2D eigenvalue weighted by Crippen LogP contribution is -2.04. The fraction of sp³-hybridized carbons (Fsp3) is 0.320. The van der Waals surface area contributed by atoms with E-state index in [0.717, 1.165) is 59.7 Å². The minimum absolute atomic E-state index is 0.253. The molecule has 3 nitrogen and oxygen atoms in total. The molecule has 0 unspecified atom stereocenters. The van der Waals surface area contributed by atoms with Crippen molar-refractivity contribution in [1.82, 2.24) is 9.97 Å². The molecule has 2 fully saturated rings. The van der Waals surface area contributed by atoms with Crippen molar-refractivity contribution < 1.29 is 17.9 Å². The number of aromatic nitrogens is 2. The number of benzene rings is 4. The molecule has 54 heavy (non-hydrogen) atoms. The average Bonchev–Trinajstić information content (AvgIpc) is 3.29. The Morgan fingerprint density at radius 1 is 0.556 bits per heavy atom. The van der Waals surface area contributed by atoms with Crippen molar-refractivity contribution in [1.29, 1.82) is 0 Å². The summed E-state index contributed by atoms with van der Waals surface area (Å²) in [6, 6.07) is 41.5. The molecule has 0 aliphatic heterocycles. The highest BCUT2D eigenvalue weighted by atomic mass is 32.2. The molecular weight excluding hydrogens is 677 g/mol. The first-order valence-electron chi connectivity index (χ1n) is 24.0. The molecule has 2 saturated carbocycles. The van der Waals surface area contributed by atoms with E-state index in [9.17, 15) is 4.21 Å². The largest absolute Gasteiger partial charge is 0.260 e. The summed E-state index contributed by atoms with van der Waals surface area (Å²) in [5.74, 6) is 0.248. The predicted molar refractivity (Wildman–Crippen MR) is 231 cm³/mol. The molecular formula is C50H56N2OS. The first-order valence-corrected chi connectivity index (χ1v) is 20.2. The summed E-state index contributed by atoms with van der Waals surface area (Å²) >= 11 is 0. The van der Waals surface area contributed by atoms with Crippen molar-refractivity contribution in [3.8, 4) is 44.8 Å². The number of hydrogen-bond acceptors (Lipinski definition) is 3. The first-order chi connectivity index (χ1) is 30.3. The van der Waals surface area contributed by atoms with Gasteiger partial charge in [0.15, 0.2) is 0 Å². The molecule has 0 spiro atoms. The second kappa shape index (κ2) is 19.6. The monoisotopic (exact) mass is 742 g/mol. The zero-order valence-electron chi connectivity index (χ0n) is 41.1. The van der Waals surface area contributed by atoms with E-state index in [2.05, 4.69) is 71.5 Å². The minimum atomic E-state index is -2.90. The number of hydrogen-bond donors (Lipinski definition) is 0. The molecule has 278 valence electrons. The van der Waals surface area contributed by atoms with Gasteiger partial charge in [-0.2, -0.15) is 0 Å². The smallest absolute Gasteiger partial charge is 0.0708 e. The van der Waals surface area contributed by atoms with Gasteiger partial charge in [0, 0.05) is 60.4 Å². The van der Waals surface area contributed by atoms with E-state index in [1.54, 1.807) is 0 Å². The minimum Gasteiger partial charge on any atom is -0.260 e. The van der Waals surface area contributed by atoms with Crippen LogP contribution >= 0.6 is 0 Å². The molecule has 0 saturated heterocycles. The van der Waals surface area contributed by atoms with Crippen LogP contribution in [0.2, 0.25) is 0 Å². The SMILES string of the molecule is Cc1cnc(-c2ccccc2)cc1-c1ccc(C2CCCCC2)cc1.[2H]C([2H])([2H])S(=O)C([2H])([2H])[2H].[2H]C([2H])([2H])c1cnc(-c2ccccc2)cc1-c1ccc(C2([2H])CCCCC2)cc1. The second-order valence-corrected chi connectivity index (χ2v) is 14.7. The topological polar surface area (TPSA) is 42.9 Å². The van der Waals surface area contributed by atoms with Gasteiger partial charge in [-0.25, -0.2) is 0 Å². The molecule has 2 aliphatic rings. The summed E-state index contributed by atoms with van der Waals surface area (Å²) in [4.78, 5) is 9.04. The van der Waals surface area contributed by atoms with Crippen LogP contribution in [0, 0.1) is 13.8 Å². The molecule has 8 rings (SSSR count). The molecule has 0 N–H and O–H groups in total. The van der Waals surface area contributed by atoms with Crippen LogP contribution < -0.4 is 0 Å². The van der Waals surface area contributed by atoms with Crippen molar-refractivity contribution in [2.24, 2.45) is 0 Å². The highest BCUT2D eigenvalue weighted by molar-refractivity contribution is 7.83. The molecule has 0 amide bonds. The van der Waals surface area contributed by atoms with Crippen LogP contribution in [0.25, 0.3) is 44.8 Å². The molecule has 0 atom stereocenters. The maximum atomic E-state index is 10.5. The molecule has 0 radical (unpaired) electrons. The van der Waals surface area contributed by atoms with E-state index in [-0.39, 0.29) is 5.56 Å². The van der Waals surface area contributed by atoms with Crippen LogP contribution in [0.1, 0.15) is 112 Å². The Morgan fingerprint density at radius 2 is 1.02 bits per heavy atom. The van der Waals surface area contributed by atoms with E-state index in [1.807, 2.05) is 72.9 Å². The van der Waals surface area contributed by atoms with Crippen LogP contribution in [-0.4, -0.2) is 26.5 Å². The standard InChI is InChI=1S/2C24H25N.C2H6OS/c2*1-18-17-25-24(22-10-6-3-7-11-22)16-23(18)21-14-12-20(13-15-21)19-8-4-2-5-9-19;1-4(2)3/h2*3,6-7,10-17,19H,2,4-5,8-9H2,1H3;1-2H3/i1D3,19D;;1D3,2D3. The maximum Gasteiger partial charge on any atom is 0.0708 e. The zero-order valence-corrected chi connectivity index (χ0v) is 31.9. The van der Waals surface area contributed by atoms with Crippen LogP contribution in [-0.2, 0) is 10.8 Å². The van der Waals surface area contributed by atoms with Gasteiger partial charge in [0.1, 0.15) is 0 Å². The van der Waals surface area contributed by atoms with Crippen molar-refractivity contribution in [2.45, 2.75) is 89.8 Å². The van der Waals surface area contributed by atoms with Gasteiger partial charge >= 0.3 is 0 Å². The Hall–Kier alpha value is -4.67. The van der Waals surface area contributed by atoms with Crippen LogP contribution in [0.3, 0.4) is 0 Å². The average molecular weight is 743 g/mol. The maximum absolute atomic E-state index is 10.5. The van der Waals surface area contributed by atoms with Gasteiger partial charge in [0.05, 0.1) is 11.4 Å². The summed E-state index contributed by atoms with van der Waals surface area (Å²) < 4.78 is 81.9. The van der Waals surface area contributed by atoms with Crippen LogP contribution in [0.4, 0.5) is 0 Å². The number of pyridine rings is 2. The number of nitrogens with zero attached hydrogens (tertiary/aromatic N) is 2. The Balaban J connectivity index is 0.000000177. The second-order valence-electron chi connectivity index (χ2n) is 14.2. The van der Waals surface area contributed by atoms with Gasteiger partial charge in [0.25, 0.3) is 0 Å². The molecule has 4 aromatic carbocycles. The van der Waals surface area contributed by atoms with Crippen molar-refractivity contribution in [3.63, 3.8) is 0 Å². The van der Waals surface area contributed by atoms with Crippen LogP contribution in [0.5, 0.6) is 0 Å². The Bertz CT molecular complexity index is 2430. The lowest BCUT2D eigenvalue weighted by molar-refractivity contribution is 0.443. The molecule has 4 heteroatoms. The quantitative estimate of drug-likeness (QED) is 0.171. The normalized spacial score (nSPS) is 18.8. The lowest BCUT2D eigenvalue weighted by atomic mass is 9.83. The molecule has 2 aromatic heterocycles. The van der Waals surface area contributed by atoms with Crippen LogP contribution in [0.15, 0.2) is 134 Å². The van der Waals surface area contributed by atoms with Crippen molar-refractivity contribution >= 4 is 10.8 Å². The third-order valence-electron chi connectivity index (χ3n) is 10.5. The zero-order chi connectivity index (χ0) is 46.1. The third kappa shape index (κ3) is 10.7. The third-order valence-corrected chi connectivity index (χ3v) is 10.5. The van der Waals surface area contributed by atoms with Gasteiger partial charge in [-0.15, -0.1) is 0 Å². The fourth-order valence-electron chi connectivity index (χ4n) is 7.59. The van der Waals surface area contributed by atoms with E-state index < -0.39 is 35.9 Å². The summed E-state index contributed by atoms with van der Waals surface area (Å²) in [6.07, 6.45) is 9.74. The van der Waals surface area contributed by atoms with Gasteiger partial charge in [0.2, 0.25) is 0 Å². The summed E-state index contributed by atoms with van der Waals surface area (Å²) in [5, 5.41) is 0. The number of rotatable bonds is 6. The van der Waals surface area contributed by atoms with Crippen molar-refractivity contribution in [3.05, 3.63) is 156 Å². The summed E-state index contributed by atoms with van der Waals surface area (Å²) in [7, 11) is -2.75.